The van der Waals surface area contributed by atoms with E-state index in [-0.39, 0.29) is 43.3 Å². The summed E-state index contributed by atoms with van der Waals surface area (Å²) in [6, 6.07) is 14.5. The van der Waals surface area contributed by atoms with Crippen LogP contribution in [0.5, 0.6) is 0 Å². The van der Waals surface area contributed by atoms with Gasteiger partial charge in [0.1, 0.15) is 17.5 Å². The van der Waals surface area contributed by atoms with Crippen molar-refractivity contribution < 1.29 is 41.9 Å². The molecular formula is C31H39F3N2O5P+. The number of allylic oxidation sites excluding steroid dienone is 1. The van der Waals surface area contributed by atoms with Crippen molar-refractivity contribution in [1.29, 1.82) is 0 Å². The highest BCUT2D eigenvalue weighted by Crippen LogP contribution is 2.45. The molecule has 1 unspecified atom stereocenters. The number of ether oxygens (including phenoxy) is 2. The van der Waals surface area contributed by atoms with Crippen LogP contribution < -0.4 is 0 Å². The Hall–Kier alpha value is -3.04. The van der Waals surface area contributed by atoms with Gasteiger partial charge in [-0.2, -0.15) is 13.2 Å². The van der Waals surface area contributed by atoms with Crippen LogP contribution in [0.2, 0.25) is 0 Å². The molecule has 2 aromatic rings. The molecule has 0 saturated heterocycles. The van der Waals surface area contributed by atoms with E-state index in [1.807, 2.05) is 42.3 Å². The first-order valence-electron chi connectivity index (χ1n) is 13.7. The summed E-state index contributed by atoms with van der Waals surface area (Å²) >= 11 is 0. The molecule has 228 valence electrons. The Labute approximate surface area is 247 Å². The minimum Gasteiger partial charge on any atom is -0.461 e. The summed E-state index contributed by atoms with van der Waals surface area (Å²) in [5, 5.41) is 0.148. The van der Waals surface area contributed by atoms with Crippen LogP contribution in [0.15, 0.2) is 65.9 Å². The van der Waals surface area contributed by atoms with Crippen molar-refractivity contribution in [2.45, 2.75) is 72.1 Å². The lowest BCUT2D eigenvalue weighted by Crippen LogP contribution is -2.53. The van der Waals surface area contributed by atoms with Crippen LogP contribution in [0.3, 0.4) is 0 Å². The highest BCUT2D eigenvalue weighted by Gasteiger charge is 2.57. The van der Waals surface area contributed by atoms with E-state index in [4.69, 9.17) is 14.3 Å². The second-order valence-electron chi connectivity index (χ2n) is 10.7. The molecule has 1 aliphatic rings. The first kappa shape index (κ1) is 33.5. The summed E-state index contributed by atoms with van der Waals surface area (Å²) in [4.78, 5) is 32.7. The van der Waals surface area contributed by atoms with E-state index in [1.54, 1.807) is 41.5 Å². The van der Waals surface area contributed by atoms with Crippen LogP contribution >= 0.6 is 8.43 Å². The van der Waals surface area contributed by atoms with Gasteiger partial charge in [-0.05, 0) is 58.0 Å². The highest BCUT2D eigenvalue weighted by molar-refractivity contribution is 7.38. The molecule has 0 aliphatic carbocycles. The standard InChI is InChI=1S/C31H38F3N2O5P/c1-20(2)40-30(25-14-11-15-26(18-25)31(32,33)34)27(22(5)36(41-21(3)4)23(6)28(30)42-38)29(37)39-17-16-35(7)19-24-12-9-8-10-13-24/h8-15,18,20-21H,16-17,19H2,1-7H3/p+1. The quantitative estimate of drug-likeness (QED) is 0.188. The van der Waals surface area contributed by atoms with Crippen molar-refractivity contribution in [2.24, 2.45) is 0 Å². The summed E-state index contributed by atoms with van der Waals surface area (Å²) in [5.74, 6) is -0.787. The SMILES string of the molecule is CC1=C(C(=O)OCCN(C)Cc2ccccc2)C(OC(C)C)(c2cccc(C(F)(F)F)c2)C(=PO)C(C)=[N+]1OC(C)C. The predicted molar refractivity (Wildman–Crippen MR) is 157 cm³/mol. The zero-order valence-corrected chi connectivity index (χ0v) is 25.9. The number of hydroxylamine groups is 1. The number of likely N-dealkylation sites (N-methyl/N-ethyl adjacent to an activating group) is 1. The molecule has 0 fully saturated rings. The molecule has 7 nitrogen and oxygen atoms in total. The summed E-state index contributed by atoms with van der Waals surface area (Å²) in [7, 11) is 1.59. The Balaban J connectivity index is 2.13. The maximum absolute atomic E-state index is 14.0. The zero-order chi connectivity index (χ0) is 31.2. The predicted octanol–water partition coefficient (Wildman–Crippen LogP) is 6.13. The Morgan fingerprint density at radius 3 is 2.29 bits per heavy atom. The Bertz CT molecular complexity index is 1360. The number of carbonyl (C=O) groups excluding carboxylic acids is 1. The van der Waals surface area contributed by atoms with E-state index in [0.717, 1.165) is 17.7 Å². The number of hydrogen-bond acceptors (Lipinski definition) is 6. The van der Waals surface area contributed by atoms with Gasteiger partial charge >= 0.3 is 12.1 Å². The molecule has 2 aromatic carbocycles. The molecule has 11 heteroatoms. The number of esters is 1. The average Bonchev–Trinajstić information content (AvgIpc) is 2.91. The van der Waals surface area contributed by atoms with Gasteiger partial charge in [0.25, 0.3) is 0 Å². The minimum atomic E-state index is -4.64. The van der Waals surface area contributed by atoms with Crippen LogP contribution in [0.4, 0.5) is 13.2 Å². The Morgan fingerprint density at radius 2 is 1.71 bits per heavy atom. The molecule has 1 heterocycles. The fraction of sp³-hybridized carbons (Fsp3) is 0.452. The third kappa shape index (κ3) is 7.48. The molecule has 0 spiro atoms. The first-order valence-corrected chi connectivity index (χ1v) is 14.6. The van der Waals surface area contributed by atoms with Gasteiger partial charge in [-0.15, -0.1) is 0 Å². The molecule has 0 aromatic heterocycles. The number of hydrogen-bond donors (Lipinski definition) is 1. The van der Waals surface area contributed by atoms with E-state index in [9.17, 15) is 22.9 Å². The van der Waals surface area contributed by atoms with Gasteiger partial charge in [0.2, 0.25) is 11.4 Å². The summed E-state index contributed by atoms with van der Waals surface area (Å²) in [6.07, 6.45) is -5.52. The van der Waals surface area contributed by atoms with E-state index in [1.165, 1.54) is 16.9 Å². The van der Waals surface area contributed by atoms with Crippen LogP contribution in [0, 0.1) is 0 Å². The third-order valence-electron chi connectivity index (χ3n) is 6.63. The normalized spacial score (nSPS) is 19.0. The van der Waals surface area contributed by atoms with Gasteiger partial charge in [-0.25, -0.2) is 4.79 Å². The van der Waals surface area contributed by atoms with E-state index in [2.05, 4.69) is 0 Å². The number of benzene rings is 2. The van der Waals surface area contributed by atoms with Crippen molar-refractivity contribution >= 4 is 25.4 Å². The van der Waals surface area contributed by atoms with Crippen molar-refractivity contribution in [2.75, 3.05) is 20.2 Å². The van der Waals surface area contributed by atoms with Crippen molar-refractivity contribution in [3.05, 3.63) is 82.6 Å². The summed E-state index contributed by atoms with van der Waals surface area (Å²) < 4.78 is 55.2. The van der Waals surface area contributed by atoms with Crippen LogP contribution in [0.1, 0.15) is 58.2 Å². The number of halogens is 3. The molecule has 0 radical (unpaired) electrons. The molecule has 0 amide bonds. The molecule has 0 bridgehead atoms. The fourth-order valence-corrected chi connectivity index (χ4v) is 5.62. The number of carbonyl (C=O) groups is 1. The van der Waals surface area contributed by atoms with Crippen LogP contribution in [-0.2, 0) is 37.4 Å². The van der Waals surface area contributed by atoms with Gasteiger partial charge in [-0.1, -0.05) is 42.5 Å². The Kier molecular flexibility index (Phi) is 11.1. The topological polar surface area (TPSA) is 71.2 Å². The molecular weight excluding hydrogens is 568 g/mol. The van der Waals surface area contributed by atoms with Crippen LogP contribution in [0.25, 0.3) is 0 Å². The lowest BCUT2D eigenvalue weighted by molar-refractivity contribution is -0.762. The first-order chi connectivity index (χ1) is 19.7. The van der Waals surface area contributed by atoms with Gasteiger partial charge < -0.3 is 14.4 Å². The zero-order valence-electron chi connectivity index (χ0n) is 25.0. The molecule has 1 aliphatic heterocycles. The maximum atomic E-state index is 14.0. The lowest BCUT2D eigenvalue weighted by Gasteiger charge is -2.39. The van der Waals surface area contributed by atoms with Crippen molar-refractivity contribution in [3.8, 4) is 0 Å². The summed E-state index contributed by atoms with van der Waals surface area (Å²) in [5.41, 5.74) is -1.05. The second kappa shape index (κ2) is 14.0. The third-order valence-corrected chi connectivity index (χ3v) is 7.47. The molecule has 3 rings (SSSR count). The van der Waals surface area contributed by atoms with Gasteiger partial charge in [0.15, 0.2) is 11.7 Å². The van der Waals surface area contributed by atoms with Crippen LogP contribution in [-0.4, -0.2) is 63.9 Å². The van der Waals surface area contributed by atoms with Gasteiger partial charge in [0, 0.05) is 31.7 Å². The van der Waals surface area contributed by atoms with Crippen molar-refractivity contribution in [1.82, 2.24) is 4.90 Å². The minimum absolute atomic E-state index is 0.0131. The smallest absolute Gasteiger partial charge is 0.416 e. The second-order valence-corrected chi connectivity index (χ2v) is 11.4. The molecule has 1 N–H and O–H groups in total. The van der Waals surface area contributed by atoms with Gasteiger partial charge in [0.05, 0.1) is 20.1 Å². The maximum Gasteiger partial charge on any atom is 0.416 e. The van der Waals surface area contributed by atoms with Crippen molar-refractivity contribution in [3.63, 3.8) is 0 Å². The van der Waals surface area contributed by atoms with E-state index in [0.29, 0.717) is 18.8 Å². The lowest BCUT2D eigenvalue weighted by atomic mass is 9.77. The Morgan fingerprint density at radius 1 is 1.05 bits per heavy atom. The molecule has 42 heavy (non-hydrogen) atoms. The largest absolute Gasteiger partial charge is 0.461 e. The molecule has 0 saturated carbocycles. The number of alkyl halides is 3. The highest BCUT2D eigenvalue weighted by atomic mass is 31.1. The number of rotatable bonds is 11. The number of nitrogens with zero attached hydrogens (tertiary/aromatic N) is 2. The monoisotopic (exact) mass is 607 g/mol. The van der Waals surface area contributed by atoms with E-state index < -0.39 is 29.4 Å². The van der Waals surface area contributed by atoms with Gasteiger partial charge in [-0.3, -0.25) is 9.74 Å². The van der Waals surface area contributed by atoms with E-state index >= 15 is 0 Å². The average molecular weight is 608 g/mol. The summed E-state index contributed by atoms with van der Waals surface area (Å²) in [6.45, 7) is 11.4. The fourth-order valence-electron chi connectivity index (χ4n) is 4.95. The molecule has 1 atom stereocenters.